The number of hydrogen-bond donors (Lipinski definition) is 2. The van der Waals surface area contributed by atoms with Crippen molar-refractivity contribution in [2.24, 2.45) is 5.92 Å². The molecule has 1 aliphatic carbocycles. The Labute approximate surface area is 98.8 Å². The Bertz CT molecular complexity index is 173. The van der Waals surface area contributed by atoms with Crippen molar-refractivity contribution in [1.82, 2.24) is 0 Å². The summed E-state index contributed by atoms with van der Waals surface area (Å²) in [5, 5.41) is 19.6. The van der Waals surface area contributed by atoms with E-state index in [0.29, 0.717) is 13.0 Å². The van der Waals surface area contributed by atoms with Crippen molar-refractivity contribution in [2.45, 2.75) is 64.1 Å². The van der Waals surface area contributed by atoms with E-state index >= 15 is 0 Å². The van der Waals surface area contributed by atoms with Gasteiger partial charge >= 0.3 is 0 Å². The van der Waals surface area contributed by atoms with E-state index in [1.807, 2.05) is 0 Å². The third kappa shape index (κ3) is 5.28. The molecule has 0 heterocycles. The molecule has 1 aliphatic rings. The molecule has 0 bridgehead atoms. The zero-order valence-corrected chi connectivity index (χ0v) is 10.4. The van der Waals surface area contributed by atoms with E-state index in [9.17, 15) is 10.2 Å². The fourth-order valence-electron chi connectivity index (χ4n) is 2.35. The van der Waals surface area contributed by atoms with Gasteiger partial charge in [-0.2, -0.15) is 0 Å². The number of unbranched alkanes of at least 4 members (excludes halogenated alkanes) is 1. The smallest absolute Gasteiger partial charge is 0.0777 e. The highest BCUT2D eigenvalue weighted by Gasteiger charge is 2.25. The average Bonchev–Trinajstić information content (AvgIpc) is 2.28. The maximum Gasteiger partial charge on any atom is 0.0777 e. The van der Waals surface area contributed by atoms with Crippen LogP contribution in [0, 0.1) is 5.92 Å². The molecule has 3 unspecified atom stereocenters. The van der Waals surface area contributed by atoms with Crippen molar-refractivity contribution in [3.8, 4) is 0 Å². The van der Waals surface area contributed by atoms with Gasteiger partial charge in [0.1, 0.15) is 0 Å². The Morgan fingerprint density at radius 2 is 2.06 bits per heavy atom. The molecule has 3 nitrogen and oxygen atoms in total. The van der Waals surface area contributed by atoms with E-state index in [2.05, 4.69) is 6.92 Å². The summed E-state index contributed by atoms with van der Waals surface area (Å²) in [6, 6.07) is 0. The highest BCUT2D eigenvalue weighted by Crippen LogP contribution is 2.27. The molecule has 1 fully saturated rings. The fourth-order valence-corrected chi connectivity index (χ4v) is 2.35. The Kier molecular flexibility index (Phi) is 7.01. The number of hydrogen-bond acceptors (Lipinski definition) is 3. The molecule has 96 valence electrons. The minimum absolute atomic E-state index is 0.209. The second-order valence-corrected chi connectivity index (χ2v) is 4.93. The van der Waals surface area contributed by atoms with Crippen molar-refractivity contribution in [3.05, 3.63) is 0 Å². The zero-order chi connectivity index (χ0) is 11.8. The summed E-state index contributed by atoms with van der Waals surface area (Å²) in [4.78, 5) is 0. The van der Waals surface area contributed by atoms with Gasteiger partial charge in [0.25, 0.3) is 0 Å². The van der Waals surface area contributed by atoms with Gasteiger partial charge in [0.2, 0.25) is 0 Å². The van der Waals surface area contributed by atoms with Gasteiger partial charge in [-0.15, -0.1) is 0 Å². The van der Waals surface area contributed by atoms with Crippen molar-refractivity contribution >= 4 is 0 Å². The van der Waals surface area contributed by atoms with Crippen LogP contribution in [0.4, 0.5) is 0 Å². The second-order valence-electron chi connectivity index (χ2n) is 4.93. The molecule has 16 heavy (non-hydrogen) atoms. The molecule has 3 heteroatoms. The first kappa shape index (κ1) is 13.9. The average molecular weight is 230 g/mol. The van der Waals surface area contributed by atoms with E-state index in [1.165, 1.54) is 6.42 Å². The summed E-state index contributed by atoms with van der Waals surface area (Å²) in [7, 11) is 0. The predicted octanol–water partition coefficient (Wildman–Crippen LogP) is 2.11. The summed E-state index contributed by atoms with van der Waals surface area (Å²) in [6.07, 6.45) is 6.50. The first-order valence-corrected chi connectivity index (χ1v) is 6.68. The van der Waals surface area contributed by atoms with E-state index in [0.717, 1.165) is 38.7 Å². The molecule has 2 N–H and O–H groups in total. The van der Waals surface area contributed by atoms with E-state index in [4.69, 9.17) is 4.74 Å². The molecular formula is C13H26O3. The summed E-state index contributed by atoms with van der Waals surface area (Å²) >= 11 is 0. The molecule has 1 saturated carbocycles. The lowest BCUT2D eigenvalue weighted by Crippen LogP contribution is -2.30. The van der Waals surface area contributed by atoms with Gasteiger partial charge in [-0.05, 0) is 31.6 Å². The lowest BCUT2D eigenvalue weighted by molar-refractivity contribution is -0.00644. The van der Waals surface area contributed by atoms with Gasteiger partial charge < -0.3 is 14.9 Å². The first-order chi connectivity index (χ1) is 7.74. The third-order valence-corrected chi connectivity index (χ3v) is 3.40. The van der Waals surface area contributed by atoms with Crippen LogP contribution in [-0.4, -0.2) is 35.6 Å². The largest absolute Gasteiger partial charge is 0.393 e. The molecule has 0 aromatic heterocycles. The summed E-state index contributed by atoms with van der Waals surface area (Å²) in [5.41, 5.74) is 0. The first-order valence-electron chi connectivity index (χ1n) is 6.68. The molecule has 1 rings (SSSR count). The zero-order valence-electron chi connectivity index (χ0n) is 10.4. The maximum absolute atomic E-state index is 9.78. The van der Waals surface area contributed by atoms with Crippen LogP contribution in [0.2, 0.25) is 0 Å². The quantitative estimate of drug-likeness (QED) is 0.659. The molecular weight excluding hydrogens is 204 g/mol. The van der Waals surface area contributed by atoms with Gasteiger partial charge in [0.05, 0.1) is 18.8 Å². The van der Waals surface area contributed by atoms with E-state index < -0.39 is 6.10 Å². The number of aliphatic hydroxyl groups excluding tert-OH is 2. The lowest BCUT2D eigenvalue weighted by Gasteiger charge is -2.29. The molecule has 0 spiro atoms. The standard InChI is InChI=1S/C13H26O3/c1-2-3-8-16-10-12(14)9-11-6-4-5-7-13(11)15/h11-15H,2-10H2,1H3. The Balaban J connectivity index is 2.09. The van der Waals surface area contributed by atoms with Crippen LogP contribution in [0.25, 0.3) is 0 Å². The van der Waals surface area contributed by atoms with Gasteiger partial charge in [0, 0.05) is 6.61 Å². The Morgan fingerprint density at radius 3 is 2.75 bits per heavy atom. The maximum atomic E-state index is 9.78. The van der Waals surface area contributed by atoms with Crippen LogP contribution in [0.3, 0.4) is 0 Å². The molecule has 3 atom stereocenters. The summed E-state index contributed by atoms with van der Waals surface area (Å²) < 4.78 is 5.38. The minimum atomic E-state index is -0.408. The van der Waals surface area contributed by atoms with Crippen LogP contribution in [0.15, 0.2) is 0 Å². The minimum Gasteiger partial charge on any atom is -0.393 e. The summed E-state index contributed by atoms with van der Waals surface area (Å²) in [5.74, 6) is 0.276. The highest BCUT2D eigenvalue weighted by atomic mass is 16.5. The van der Waals surface area contributed by atoms with Crippen LogP contribution >= 0.6 is 0 Å². The molecule has 0 aromatic carbocycles. The third-order valence-electron chi connectivity index (χ3n) is 3.40. The monoisotopic (exact) mass is 230 g/mol. The molecule has 0 saturated heterocycles. The van der Waals surface area contributed by atoms with Crippen molar-refractivity contribution in [1.29, 1.82) is 0 Å². The number of ether oxygens (including phenoxy) is 1. The number of aliphatic hydroxyl groups is 2. The lowest BCUT2D eigenvalue weighted by atomic mass is 9.83. The van der Waals surface area contributed by atoms with Crippen LogP contribution in [0.1, 0.15) is 51.9 Å². The Morgan fingerprint density at radius 1 is 1.31 bits per heavy atom. The second kappa shape index (κ2) is 8.04. The summed E-state index contributed by atoms with van der Waals surface area (Å²) in [6.45, 7) is 3.28. The highest BCUT2D eigenvalue weighted by molar-refractivity contribution is 4.76. The molecule has 0 aliphatic heterocycles. The van der Waals surface area contributed by atoms with Crippen molar-refractivity contribution < 1.29 is 14.9 Å². The van der Waals surface area contributed by atoms with Crippen LogP contribution in [0.5, 0.6) is 0 Å². The predicted molar refractivity (Wildman–Crippen MR) is 64.3 cm³/mol. The fraction of sp³-hybridized carbons (Fsp3) is 1.00. The molecule has 0 amide bonds. The van der Waals surface area contributed by atoms with Gasteiger partial charge in [-0.25, -0.2) is 0 Å². The van der Waals surface area contributed by atoms with Crippen molar-refractivity contribution in [2.75, 3.05) is 13.2 Å². The van der Waals surface area contributed by atoms with Crippen molar-refractivity contribution in [3.63, 3.8) is 0 Å². The molecule has 0 aromatic rings. The Hall–Kier alpha value is -0.120. The van der Waals surface area contributed by atoms with Crippen LogP contribution < -0.4 is 0 Å². The SMILES string of the molecule is CCCCOCC(O)CC1CCCCC1O. The van der Waals surface area contributed by atoms with E-state index in [1.54, 1.807) is 0 Å². The van der Waals surface area contributed by atoms with Crippen LogP contribution in [-0.2, 0) is 4.74 Å². The number of rotatable bonds is 7. The topological polar surface area (TPSA) is 49.7 Å². The normalized spacial score (nSPS) is 27.9. The molecule has 0 radical (unpaired) electrons. The van der Waals surface area contributed by atoms with Gasteiger partial charge in [-0.3, -0.25) is 0 Å². The van der Waals surface area contributed by atoms with Gasteiger partial charge in [0.15, 0.2) is 0 Å². The van der Waals surface area contributed by atoms with E-state index in [-0.39, 0.29) is 12.0 Å². The van der Waals surface area contributed by atoms with Gasteiger partial charge in [-0.1, -0.05) is 26.2 Å².